The van der Waals surface area contributed by atoms with Crippen LogP contribution >= 0.6 is 23.2 Å². The number of anilines is 1. The Kier molecular flexibility index (Phi) is 6.88. The molecule has 0 aliphatic heterocycles. The lowest BCUT2D eigenvalue weighted by atomic mass is 10.2. The second-order valence-corrected chi connectivity index (χ2v) is 7.15. The maximum Gasteiger partial charge on any atom is 0.326 e. The highest BCUT2D eigenvalue weighted by Gasteiger charge is 2.20. The summed E-state index contributed by atoms with van der Waals surface area (Å²) in [4.78, 5) is 28.1. The Morgan fingerprint density at radius 1 is 1.12 bits per heavy atom. The highest BCUT2D eigenvalue weighted by molar-refractivity contribution is 6.37. The average Bonchev–Trinajstić information content (AvgIpc) is 2.71. The van der Waals surface area contributed by atoms with E-state index in [9.17, 15) is 18.4 Å². The standard InChI is InChI=1S/C21H12Cl2F2N4O3/c1-10-5-11(8-26)9-27-20(10)32-18-13(22)6-12(7-14(18)23)28-21(31)29-19(30)17-15(24)3-2-4-16(17)25/h2-7,9H,1H3,(H2,28,29,30,31). The van der Waals surface area contributed by atoms with E-state index in [0.29, 0.717) is 11.1 Å². The number of hydrogen-bond donors (Lipinski definition) is 2. The first kappa shape index (κ1) is 22.9. The lowest BCUT2D eigenvalue weighted by Gasteiger charge is -2.13. The number of nitriles is 1. The Balaban J connectivity index is 1.74. The molecule has 0 spiro atoms. The molecule has 1 heterocycles. The number of benzene rings is 2. The van der Waals surface area contributed by atoms with Gasteiger partial charge in [0.15, 0.2) is 5.75 Å². The van der Waals surface area contributed by atoms with Crippen LogP contribution in [-0.2, 0) is 0 Å². The van der Waals surface area contributed by atoms with Crippen molar-refractivity contribution >= 4 is 40.8 Å². The quantitative estimate of drug-likeness (QED) is 0.509. The molecule has 2 N–H and O–H groups in total. The van der Waals surface area contributed by atoms with Crippen molar-refractivity contribution in [1.82, 2.24) is 10.3 Å². The number of aromatic nitrogens is 1. The van der Waals surface area contributed by atoms with Crippen LogP contribution in [0, 0.1) is 29.9 Å². The third-order valence-corrected chi connectivity index (χ3v) is 4.59. The normalized spacial score (nSPS) is 10.2. The van der Waals surface area contributed by atoms with Crippen molar-refractivity contribution in [3.63, 3.8) is 0 Å². The van der Waals surface area contributed by atoms with E-state index in [1.165, 1.54) is 18.3 Å². The lowest BCUT2D eigenvalue weighted by molar-refractivity contribution is 0.0959. The summed E-state index contributed by atoms with van der Waals surface area (Å²) in [7, 11) is 0. The summed E-state index contributed by atoms with van der Waals surface area (Å²) >= 11 is 12.4. The van der Waals surface area contributed by atoms with Crippen LogP contribution < -0.4 is 15.4 Å². The Morgan fingerprint density at radius 3 is 2.31 bits per heavy atom. The molecule has 3 amide bonds. The van der Waals surface area contributed by atoms with Gasteiger partial charge in [0, 0.05) is 17.4 Å². The molecule has 2 aromatic carbocycles. The van der Waals surface area contributed by atoms with E-state index in [4.69, 9.17) is 33.2 Å². The number of halogens is 4. The minimum absolute atomic E-state index is 0.00448. The molecule has 11 heteroatoms. The third-order valence-electron chi connectivity index (χ3n) is 4.03. The number of nitrogens with one attached hydrogen (secondary N) is 2. The van der Waals surface area contributed by atoms with Gasteiger partial charge < -0.3 is 10.1 Å². The number of nitrogens with zero attached hydrogens (tertiary/aromatic N) is 2. The van der Waals surface area contributed by atoms with Crippen LogP contribution in [0.3, 0.4) is 0 Å². The number of pyridine rings is 1. The average molecular weight is 477 g/mol. The van der Waals surface area contributed by atoms with E-state index in [-0.39, 0.29) is 27.4 Å². The maximum absolute atomic E-state index is 13.7. The van der Waals surface area contributed by atoms with Crippen LogP contribution in [0.15, 0.2) is 42.6 Å². The molecular weight excluding hydrogens is 465 g/mol. The van der Waals surface area contributed by atoms with E-state index < -0.39 is 29.1 Å². The molecule has 0 aliphatic carbocycles. The van der Waals surface area contributed by atoms with Gasteiger partial charge in [-0.15, -0.1) is 0 Å². The van der Waals surface area contributed by atoms with Gasteiger partial charge in [-0.2, -0.15) is 5.26 Å². The minimum atomic E-state index is -1.27. The van der Waals surface area contributed by atoms with Gasteiger partial charge in [0.25, 0.3) is 5.91 Å². The van der Waals surface area contributed by atoms with Crippen molar-refractivity contribution in [2.45, 2.75) is 6.92 Å². The van der Waals surface area contributed by atoms with Crippen LogP contribution in [0.2, 0.25) is 10.0 Å². The van der Waals surface area contributed by atoms with Crippen LogP contribution in [0.1, 0.15) is 21.5 Å². The highest BCUT2D eigenvalue weighted by Crippen LogP contribution is 2.39. The molecule has 0 radical (unpaired) electrons. The molecule has 7 nitrogen and oxygen atoms in total. The van der Waals surface area contributed by atoms with Crippen LogP contribution in [0.25, 0.3) is 0 Å². The summed E-state index contributed by atoms with van der Waals surface area (Å²) in [5.74, 6) is -3.28. The topological polar surface area (TPSA) is 104 Å². The summed E-state index contributed by atoms with van der Waals surface area (Å²) in [6.45, 7) is 1.68. The molecule has 0 bridgehead atoms. The first-order chi connectivity index (χ1) is 15.2. The molecule has 0 atom stereocenters. The molecule has 0 fully saturated rings. The number of aryl methyl sites for hydroxylation is 1. The number of rotatable bonds is 4. The number of urea groups is 1. The molecule has 32 heavy (non-hydrogen) atoms. The molecule has 3 aromatic rings. The van der Waals surface area contributed by atoms with Crippen LogP contribution in [0.5, 0.6) is 11.6 Å². The lowest BCUT2D eigenvalue weighted by Crippen LogP contribution is -2.35. The highest BCUT2D eigenvalue weighted by atomic mass is 35.5. The number of amides is 3. The van der Waals surface area contributed by atoms with Gasteiger partial charge in [0.05, 0.1) is 15.6 Å². The van der Waals surface area contributed by atoms with Gasteiger partial charge in [0.1, 0.15) is 23.3 Å². The van der Waals surface area contributed by atoms with Crippen molar-refractivity contribution in [3.05, 3.63) is 81.0 Å². The first-order valence-electron chi connectivity index (χ1n) is 8.79. The van der Waals surface area contributed by atoms with Crippen molar-refractivity contribution < 1.29 is 23.1 Å². The summed E-state index contributed by atoms with van der Waals surface area (Å²) in [6, 6.07) is 7.89. The molecule has 0 aliphatic rings. The van der Waals surface area contributed by atoms with E-state index in [2.05, 4.69) is 10.3 Å². The zero-order chi connectivity index (χ0) is 23.4. The Labute approximate surface area is 190 Å². The number of imide groups is 1. The van der Waals surface area contributed by atoms with Gasteiger partial charge in [-0.05, 0) is 37.3 Å². The van der Waals surface area contributed by atoms with Crippen molar-refractivity contribution in [3.8, 4) is 17.7 Å². The molecule has 0 saturated carbocycles. The largest absolute Gasteiger partial charge is 0.436 e. The SMILES string of the molecule is Cc1cc(C#N)cnc1Oc1c(Cl)cc(NC(=O)NC(=O)c2c(F)cccc2F)cc1Cl. The van der Waals surface area contributed by atoms with Crippen molar-refractivity contribution in [1.29, 1.82) is 5.26 Å². The molecule has 0 saturated heterocycles. The fourth-order valence-corrected chi connectivity index (χ4v) is 3.16. The molecule has 0 unspecified atom stereocenters. The summed E-state index contributed by atoms with van der Waals surface area (Å²) < 4.78 is 33.0. The summed E-state index contributed by atoms with van der Waals surface area (Å²) in [6.07, 6.45) is 1.32. The summed E-state index contributed by atoms with van der Waals surface area (Å²) in [5.41, 5.74) is 0.1000. The van der Waals surface area contributed by atoms with Gasteiger partial charge in [-0.25, -0.2) is 18.6 Å². The van der Waals surface area contributed by atoms with Gasteiger partial charge in [-0.1, -0.05) is 29.3 Å². The Morgan fingerprint density at radius 2 is 1.75 bits per heavy atom. The second-order valence-electron chi connectivity index (χ2n) is 6.33. The molecule has 3 rings (SSSR count). The number of carbonyl (C=O) groups is 2. The number of ether oxygens (including phenoxy) is 1. The minimum Gasteiger partial charge on any atom is -0.436 e. The molecular formula is C21H12Cl2F2N4O3. The van der Waals surface area contributed by atoms with E-state index in [0.717, 1.165) is 18.2 Å². The van der Waals surface area contributed by atoms with E-state index in [1.54, 1.807) is 13.0 Å². The Bertz CT molecular complexity index is 1240. The monoisotopic (exact) mass is 476 g/mol. The van der Waals surface area contributed by atoms with Crippen molar-refractivity contribution in [2.75, 3.05) is 5.32 Å². The fourth-order valence-electron chi connectivity index (χ4n) is 2.60. The third kappa shape index (κ3) is 5.11. The second kappa shape index (κ2) is 9.60. The van der Waals surface area contributed by atoms with Crippen LogP contribution in [0.4, 0.5) is 19.3 Å². The maximum atomic E-state index is 13.7. The Hall–Kier alpha value is -3.74. The fraction of sp³-hybridized carbons (Fsp3) is 0.0476. The zero-order valence-electron chi connectivity index (χ0n) is 16.2. The number of hydrogen-bond acceptors (Lipinski definition) is 5. The van der Waals surface area contributed by atoms with E-state index >= 15 is 0 Å². The van der Waals surface area contributed by atoms with E-state index in [1.807, 2.05) is 11.4 Å². The number of carbonyl (C=O) groups excluding carboxylic acids is 2. The first-order valence-corrected chi connectivity index (χ1v) is 9.55. The van der Waals surface area contributed by atoms with Gasteiger partial charge >= 0.3 is 6.03 Å². The molecule has 162 valence electrons. The predicted octanol–water partition coefficient (Wildman–Crippen LogP) is 5.60. The predicted molar refractivity (Wildman–Crippen MR) is 113 cm³/mol. The molecule has 1 aromatic heterocycles. The van der Waals surface area contributed by atoms with Crippen molar-refractivity contribution in [2.24, 2.45) is 0 Å². The van der Waals surface area contributed by atoms with Crippen LogP contribution in [-0.4, -0.2) is 16.9 Å². The summed E-state index contributed by atoms with van der Waals surface area (Å²) in [5, 5.41) is 13.0. The van der Waals surface area contributed by atoms with Gasteiger partial charge in [0.2, 0.25) is 5.88 Å². The van der Waals surface area contributed by atoms with Gasteiger partial charge in [-0.3, -0.25) is 10.1 Å². The smallest absolute Gasteiger partial charge is 0.326 e. The zero-order valence-corrected chi connectivity index (χ0v) is 17.7.